The molecule has 0 bridgehead atoms. The van der Waals surface area contributed by atoms with Crippen LogP contribution in [-0.4, -0.2) is 30.0 Å². The summed E-state index contributed by atoms with van der Waals surface area (Å²) in [4.78, 5) is 4.23. The summed E-state index contributed by atoms with van der Waals surface area (Å²) in [6, 6.07) is 3.90. The van der Waals surface area contributed by atoms with Crippen LogP contribution in [0.25, 0.3) is 0 Å². The molecule has 4 heteroatoms. The molecule has 0 radical (unpaired) electrons. The van der Waals surface area contributed by atoms with Crippen molar-refractivity contribution in [3.05, 3.63) is 29.6 Å². The molecule has 1 saturated heterocycles. The van der Waals surface area contributed by atoms with Crippen molar-refractivity contribution in [2.45, 2.75) is 19.3 Å². The normalized spacial score (nSPS) is 17.2. The van der Waals surface area contributed by atoms with E-state index in [1.165, 1.54) is 6.21 Å². The van der Waals surface area contributed by atoms with Crippen molar-refractivity contribution < 1.29 is 0 Å². The Labute approximate surface area is 101 Å². The maximum absolute atomic E-state index is 8.10. The molecule has 0 spiro atoms. The van der Waals surface area contributed by atoms with E-state index in [1.54, 1.807) is 6.20 Å². The van der Waals surface area contributed by atoms with Crippen LogP contribution in [0.3, 0.4) is 0 Å². The quantitative estimate of drug-likeness (QED) is 0.674. The van der Waals surface area contributed by atoms with Crippen molar-refractivity contribution >= 4 is 11.9 Å². The first kappa shape index (κ1) is 11.9. The summed E-state index contributed by atoms with van der Waals surface area (Å²) in [6.07, 6.45) is 3.90. The number of rotatable bonds is 5. The predicted octanol–water partition coefficient (Wildman–Crippen LogP) is 1.75. The number of nitrogens with one attached hydrogen (secondary N) is 3. The first-order valence-corrected chi connectivity index (χ1v) is 5.92. The van der Waals surface area contributed by atoms with Gasteiger partial charge in [-0.15, -0.1) is 0 Å². The van der Waals surface area contributed by atoms with Crippen molar-refractivity contribution in [2.24, 2.45) is 5.92 Å². The number of hydrogen-bond acceptors (Lipinski definition) is 4. The van der Waals surface area contributed by atoms with Crippen molar-refractivity contribution in [3.8, 4) is 0 Å². The molecule has 2 rings (SSSR count). The molecule has 1 unspecified atom stereocenters. The second-order valence-electron chi connectivity index (χ2n) is 4.63. The fourth-order valence-corrected chi connectivity index (χ4v) is 1.99. The molecule has 1 aliphatic rings. The fraction of sp³-hybridized carbons (Fsp3) is 0.462. The van der Waals surface area contributed by atoms with E-state index in [-0.39, 0.29) is 5.92 Å². The van der Waals surface area contributed by atoms with Crippen LogP contribution in [0.5, 0.6) is 0 Å². The Kier molecular flexibility index (Phi) is 3.64. The molecular formula is C13H18N4. The topological polar surface area (TPSA) is 72.6 Å². The van der Waals surface area contributed by atoms with Crippen LogP contribution in [0, 0.1) is 23.7 Å². The number of aromatic nitrogens is 1. The van der Waals surface area contributed by atoms with Crippen LogP contribution >= 0.6 is 0 Å². The van der Waals surface area contributed by atoms with Gasteiger partial charge in [-0.2, -0.15) is 0 Å². The van der Waals surface area contributed by atoms with Gasteiger partial charge in [-0.05, 0) is 44.0 Å². The molecule has 3 N–H and O–H groups in total. The van der Waals surface area contributed by atoms with E-state index in [9.17, 15) is 0 Å². The van der Waals surface area contributed by atoms with Crippen LogP contribution in [0.2, 0.25) is 0 Å². The molecule has 1 aliphatic heterocycles. The van der Waals surface area contributed by atoms with Crippen molar-refractivity contribution in [1.29, 1.82) is 10.8 Å². The van der Waals surface area contributed by atoms with Gasteiger partial charge in [0.15, 0.2) is 0 Å². The molecule has 0 aliphatic carbocycles. The lowest BCUT2D eigenvalue weighted by Gasteiger charge is -2.28. The predicted molar refractivity (Wildman–Crippen MR) is 69.2 cm³/mol. The highest BCUT2D eigenvalue weighted by atomic mass is 14.9. The Hall–Kier alpha value is -1.55. The highest BCUT2D eigenvalue weighted by Crippen LogP contribution is 2.20. The summed E-state index contributed by atoms with van der Waals surface area (Å²) >= 11 is 0. The maximum atomic E-state index is 8.10. The Balaban J connectivity index is 2.06. The molecule has 0 amide bonds. The maximum Gasteiger partial charge on any atom is 0.0578 e. The lowest BCUT2D eigenvalue weighted by atomic mass is 9.87. The summed E-state index contributed by atoms with van der Waals surface area (Å²) < 4.78 is 0. The van der Waals surface area contributed by atoms with Crippen molar-refractivity contribution in [1.82, 2.24) is 10.3 Å². The summed E-state index contributed by atoms with van der Waals surface area (Å²) in [5.41, 5.74) is 2.53. The first-order valence-electron chi connectivity index (χ1n) is 5.92. The third-order valence-electron chi connectivity index (χ3n) is 3.21. The largest absolute Gasteiger partial charge is 0.316 e. The van der Waals surface area contributed by atoms with Gasteiger partial charge in [0.25, 0.3) is 0 Å². The summed E-state index contributed by atoms with van der Waals surface area (Å²) in [5.74, 6) is 0.368. The minimum absolute atomic E-state index is 0.205. The molecule has 1 fully saturated rings. The van der Waals surface area contributed by atoms with Crippen LogP contribution in [0.4, 0.5) is 0 Å². The smallest absolute Gasteiger partial charge is 0.0578 e. The third kappa shape index (κ3) is 2.77. The summed E-state index contributed by atoms with van der Waals surface area (Å²) in [6.45, 7) is 3.94. The molecule has 1 atom stereocenters. The molecule has 90 valence electrons. The van der Waals surface area contributed by atoms with Crippen LogP contribution in [-0.2, 0) is 0 Å². The standard InChI is InChI=1S/C13H18N4/c1-9-2-3-11(8-17-9)12(5-14)13(15)4-10-6-16-7-10/h2-3,5,8,10,12,14-16H,4,6-7H2,1H3. The van der Waals surface area contributed by atoms with Gasteiger partial charge >= 0.3 is 0 Å². The first-order chi connectivity index (χ1) is 8.20. The average molecular weight is 230 g/mol. The number of nitrogens with zero attached hydrogens (tertiary/aromatic N) is 1. The third-order valence-corrected chi connectivity index (χ3v) is 3.21. The van der Waals surface area contributed by atoms with Crippen molar-refractivity contribution in [3.63, 3.8) is 0 Å². The van der Waals surface area contributed by atoms with Gasteiger partial charge in [0.1, 0.15) is 0 Å². The molecule has 1 aromatic heterocycles. The van der Waals surface area contributed by atoms with Gasteiger partial charge in [-0.25, -0.2) is 0 Å². The average Bonchev–Trinajstić information content (AvgIpc) is 2.27. The second-order valence-corrected chi connectivity index (χ2v) is 4.63. The minimum atomic E-state index is -0.205. The monoisotopic (exact) mass is 230 g/mol. The van der Waals surface area contributed by atoms with Gasteiger partial charge in [-0.1, -0.05) is 6.07 Å². The number of hydrogen-bond donors (Lipinski definition) is 3. The van der Waals surface area contributed by atoms with Gasteiger partial charge in [0, 0.05) is 23.8 Å². The highest BCUT2D eigenvalue weighted by molar-refractivity contribution is 6.01. The zero-order chi connectivity index (χ0) is 12.3. The lowest BCUT2D eigenvalue weighted by Crippen LogP contribution is -2.43. The molecule has 4 nitrogen and oxygen atoms in total. The molecule has 2 heterocycles. The molecule has 17 heavy (non-hydrogen) atoms. The number of pyridine rings is 1. The SMILES string of the molecule is Cc1ccc(C(C=N)C(=N)CC2CNC2)cn1. The van der Waals surface area contributed by atoms with Gasteiger partial charge in [-0.3, -0.25) is 4.98 Å². The Morgan fingerprint density at radius 1 is 1.59 bits per heavy atom. The van der Waals surface area contributed by atoms with E-state index in [4.69, 9.17) is 10.8 Å². The van der Waals surface area contributed by atoms with Crippen LogP contribution in [0.1, 0.15) is 23.6 Å². The molecule has 0 aromatic carbocycles. The Morgan fingerprint density at radius 3 is 2.82 bits per heavy atom. The van der Waals surface area contributed by atoms with Gasteiger partial charge in [0.05, 0.1) is 5.92 Å². The van der Waals surface area contributed by atoms with Crippen molar-refractivity contribution in [2.75, 3.05) is 13.1 Å². The van der Waals surface area contributed by atoms with Crippen LogP contribution in [0.15, 0.2) is 18.3 Å². The number of aryl methyl sites for hydroxylation is 1. The fourth-order valence-electron chi connectivity index (χ4n) is 1.99. The van der Waals surface area contributed by atoms with Gasteiger partial charge < -0.3 is 16.1 Å². The Bertz CT molecular complexity index is 406. The molecule has 1 aromatic rings. The van der Waals surface area contributed by atoms with E-state index in [0.717, 1.165) is 30.8 Å². The van der Waals surface area contributed by atoms with E-state index in [1.807, 2.05) is 19.1 Å². The zero-order valence-corrected chi connectivity index (χ0v) is 10.0. The van der Waals surface area contributed by atoms with E-state index in [2.05, 4.69) is 10.3 Å². The summed E-state index contributed by atoms with van der Waals surface area (Å²) in [5, 5.41) is 18.8. The Morgan fingerprint density at radius 2 is 2.35 bits per heavy atom. The van der Waals surface area contributed by atoms with E-state index >= 15 is 0 Å². The second kappa shape index (κ2) is 5.19. The zero-order valence-electron chi connectivity index (χ0n) is 10.0. The highest BCUT2D eigenvalue weighted by Gasteiger charge is 2.22. The summed E-state index contributed by atoms with van der Waals surface area (Å²) in [7, 11) is 0. The van der Waals surface area contributed by atoms with E-state index < -0.39 is 0 Å². The molecular weight excluding hydrogens is 212 g/mol. The minimum Gasteiger partial charge on any atom is -0.316 e. The van der Waals surface area contributed by atoms with Crippen LogP contribution < -0.4 is 5.32 Å². The van der Waals surface area contributed by atoms with E-state index in [0.29, 0.717) is 11.6 Å². The molecule has 0 saturated carbocycles. The van der Waals surface area contributed by atoms with Gasteiger partial charge in [0.2, 0.25) is 0 Å². The lowest BCUT2D eigenvalue weighted by molar-refractivity contribution is 0.357.